The molecule has 0 amide bonds. The molecule has 0 atom stereocenters. The summed E-state index contributed by atoms with van der Waals surface area (Å²) in [6.45, 7) is 0. The summed E-state index contributed by atoms with van der Waals surface area (Å²) in [6, 6.07) is 2.81. The van der Waals surface area contributed by atoms with Crippen molar-refractivity contribution in [3.05, 3.63) is 33.2 Å². The van der Waals surface area contributed by atoms with E-state index in [0.717, 1.165) is 0 Å². The topological polar surface area (TPSA) is 75.1 Å². The molecule has 78 valence electrons. The quantitative estimate of drug-likeness (QED) is 0.768. The maximum absolute atomic E-state index is 11.2. The number of imidazole rings is 1. The van der Waals surface area contributed by atoms with Crippen LogP contribution in [0.1, 0.15) is 10.4 Å². The summed E-state index contributed by atoms with van der Waals surface area (Å²) in [5.41, 5.74) is 0.724. The number of carboxylic acids is 1. The third kappa shape index (κ3) is 1.41. The van der Waals surface area contributed by atoms with Crippen LogP contribution in [-0.4, -0.2) is 20.6 Å². The van der Waals surface area contributed by atoms with E-state index in [1.807, 2.05) is 0 Å². The van der Waals surface area contributed by atoms with Gasteiger partial charge in [-0.05, 0) is 12.1 Å². The van der Waals surface area contributed by atoms with E-state index in [0.29, 0.717) is 11.0 Å². The van der Waals surface area contributed by atoms with Crippen molar-refractivity contribution >= 4 is 28.6 Å². The first-order valence-corrected chi connectivity index (χ1v) is 4.50. The first kappa shape index (κ1) is 9.79. The summed E-state index contributed by atoms with van der Waals surface area (Å²) in [6.07, 6.45) is 0. The number of H-pyrrole nitrogens is 1. The highest BCUT2D eigenvalue weighted by molar-refractivity contribution is 6.34. The Kier molecular flexibility index (Phi) is 2.04. The molecule has 0 spiro atoms. The van der Waals surface area contributed by atoms with Gasteiger partial charge in [0.05, 0.1) is 21.6 Å². The predicted octanol–water partition coefficient (Wildman–Crippen LogP) is 1.22. The maximum atomic E-state index is 11.2. The highest BCUT2D eigenvalue weighted by Crippen LogP contribution is 2.21. The van der Waals surface area contributed by atoms with Gasteiger partial charge in [0.2, 0.25) is 0 Å². The van der Waals surface area contributed by atoms with Gasteiger partial charge in [-0.2, -0.15) is 0 Å². The molecule has 15 heavy (non-hydrogen) atoms. The van der Waals surface area contributed by atoms with Gasteiger partial charge in [0.1, 0.15) is 0 Å². The standard InChI is InChI=1S/C9H7ClN2O3/c1-12-7-2-4(8(13)14)5(10)3-6(7)11-9(12)15/h2-3H,1H3,(H,11,15)(H,13,14). The van der Waals surface area contributed by atoms with Crippen LogP contribution in [0.3, 0.4) is 0 Å². The fourth-order valence-electron chi connectivity index (χ4n) is 1.41. The van der Waals surface area contributed by atoms with Crippen molar-refractivity contribution < 1.29 is 9.90 Å². The summed E-state index contributed by atoms with van der Waals surface area (Å²) >= 11 is 5.75. The zero-order valence-corrected chi connectivity index (χ0v) is 8.50. The number of aromatic amines is 1. The van der Waals surface area contributed by atoms with Crippen molar-refractivity contribution in [1.29, 1.82) is 0 Å². The van der Waals surface area contributed by atoms with Crippen molar-refractivity contribution in [2.75, 3.05) is 0 Å². The Morgan fingerprint density at radius 1 is 1.53 bits per heavy atom. The Bertz CT molecular complexity index is 612. The number of fused-ring (bicyclic) bond motifs is 1. The number of rotatable bonds is 1. The average molecular weight is 227 g/mol. The lowest BCUT2D eigenvalue weighted by molar-refractivity contribution is 0.0697. The van der Waals surface area contributed by atoms with E-state index in [4.69, 9.17) is 16.7 Å². The molecule has 0 fully saturated rings. The van der Waals surface area contributed by atoms with Crippen LogP contribution >= 0.6 is 11.6 Å². The highest BCUT2D eigenvalue weighted by Gasteiger charge is 2.12. The number of hydrogen-bond acceptors (Lipinski definition) is 2. The van der Waals surface area contributed by atoms with E-state index in [9.17, 15) is 9.59 Å². The van der Waals surface area contributed by atoms with Gasteiger partial charge in [0, 0.05) is 7.05 Å². The summed E-state index contributed by atoms with van der Waals surface area (Å²) in [5, 5.41) is 8.95. The molecule has 0 saturated carbocycles. The number of aromatic nitrogens is 2. The van der Waals surface area contributed by atoms with E-state index in [1.54, 1.807) is 7.05 Å². The molecule has 1 heterocycles. The number of carbonyl (C=O) groups is 1. The highest BCUT2D eigenvalue weighted by atomic mass is 35.5. The number of carboxylic acid groups (broad SMARTS) is 1. The summed E-state index contributed by atoms with van der Waals surface area (Å²) in [5.74, 6) is -1.12. The molecule has 0 aliphatic rings. The van der Waals surface area contributed by atoms with Crippen LogP contribution in [0, 0.1) is 0 Å². The van der Waals surface area contributed by atoms with Gasteiger partial charge < -0.3 is 10.1 Å². The van der Waals surface area contributed by atoms with E-state index in [1.165, 1.54) is 16.7 Å². The van der Waals surface area contributed by atoms with Crippen LogP contribution < -0.4 is 5.69 Å². The Labute approximate surface area is 88.9 Å². The minimum Gasteiger partial charge on any atom is -0.478 e. The molecule has 2 N–H and O–H groups in total. The monoisotopic (exact) mass is 226 g/mol. The lowest BCUT2D eigenvalue weighted by Crippen LogP contribution is -2.11. The zero-order chi connectivity index (χ0) is 11.2. The van der Waals surface area contributed by atoms with Gasteiger partial charge in [-0.25, -0.2) is 9.59 Å². The number of hydrogen-bond donors (Lipinski definition) is 2. The van der Waals surface area contributed by atoms with Crippen molar-refractivity contribution in [1.82, 2.24) is 9.55 Å². The van der Waals surface area contributed by atoms with E-state index < -0.39 is 5.97 Å². The van der Waals surface area contributed by atoms with Crippen molar-refractivity contribution in [3.8, 4) is 0 Å². The molecule has 2 rings (SSSR count). The average Bonchev–Trinajstić information content (AvgIpc) is 2.41. The molecule has 0 unspecified atom stereocenters. The Morgan fingerprint density at radius 2 is 2.20 bits per heavy atom. The van der Waals surface area contributed by atoms with Gasteiger partial charge in [0.25, 0.3) is 0 Å². The minimum absolute atomic E-state index is 0.0150. The first-order valence-electron chi connectivity index (χ1n) is 4.12. The lowest BCUT2D eigenvalue weighted by Gasteiger charge is -1.99. The number of halogens is 1. The van der Waals surface area contributed by atoms with Crippen LogP contribution in [0.5, 0.6) is 0 Å². The number of aromatic carboxylic acids is 1. The maximum Gasteiger partial charge on any atom is 0.337 e. The van der Waals surface area contributed by atoms with E-state index in [-0.39, 0.29) is 16.3 Å². The molecule has 0 bridgehead atoms. The molecule has 0 aliphatic heterocycles. The summed E-state index contributed by atoms with van der Waals surface area (Å²) < 4.78 is 1.33. The van der Waals surface area contributed by atoms with Gasteiger partial charge >= 0.3 is 11.7 Å². The summed E-state index contributed by atoms with van der Waals surface area (Å²) in [7, 11) is 1.56. The van der Waals surface area contributed by atoms with Gasteiger partial charge in [-0.3, -0.25) is 4.57 Å². The van der Waals surface area contributed by atoms with Gasteiger partial charge in [0.15, 0.2) is 0 Å². The molecule has 0 saturated heterocycles. The summed E-state index contributed by atoms with van der Waals surface area (Å²) in [4.78, 5) is 24.6. The first-order chi connectivity index (χ1) is 7.00. The lowest BCUT2D eigenvalue weighted by atomic mass is 10.2. The molecule has 1 aromatic heterocycles. The van der Waals surface area contributed by atoms with Crippen molar-refractivity contribution in [2.45, 2.75) is 0 Å². The minimum atomic E-state index is -1.12. The molecule has 1 aromatic carbocycles. The SMILES string of the molecule is Cn1c(=O)[nH]c2cc(Cl)c(C(=O)O)cc21. The number of nitrogens with one attached hydrogen (secondary N) is 1. The fraction of sp³-hybridized carbons (Fsp3) is 0.111. The van der Waals surface area contributed by atoms with Crippen LogP contribution in [0.2, 0.25) is 5.02 Å². The van der Waals surface area contributed by atoms with Gasteiger partial charge in [-0.15, -0.1) is 0 Å². The second-order valence-corrected chi connectivity index (χ2v) is 3.55. The molecule has 6 heteroatoms. The predicted molar refractivity (Wildman–Crippen MR) is 55.5 cm³/mol. The van der Waals surface area contributed by atoms with Crippen molar-refractivity contribution in [2.24, 2.45) is 7.05 Å². The van der Waals surface area contributed by atoms with Crippen LogP contribution in [-0.2, 0) is 7.05 Å². The number of benzene rings is 1. The number of nitrogens with zero attached hydrogens (tertiary/aromatic N) is 1. The third-order valence-corrected chi connectivity index (χ3v) is 2.54. The van der Waals surface area contributed by atoms with Crippen LogP contribution in [0.15, 0.2) is 16.9 Å². The second kappa shape index (κ2) is 3.13. The van der Waals surface area contributed by atoms with Crippen LogP contribution in [0.4, 0.5) is 0 Å². The Balaban J connectivity index is 2.89. The molecular weight excluding hydrogens is 220 g/mol. The number of aryl methyl sites for hydroxylation is 1. The normalized spacial score (nSPS) is 10.8. The van der Waals surface area contributed by atoms with Crippen LogP contribution in [0.25, 0.3) is 11.0 Å². The van der Waals surface area contributed by atoms with E-state index >= 15 is 0 Å². The van der Waals surface area contributed by atoms with E-state index in [2.05, 4.69) is 4.98 Å². The van der Waals surface area contributed by atoms with Crippen molar-refractivity contribution in [3.63, 3.8) is 0 Å². The largest absolute Gasteiger partial charge is 0.478 e. The molecule has 0 radical (unpaired) electrons. The van der Waals surface area contributed by atoms with Gasteiger partial charge in [-0.1, -0.05) is 11.6 Å². The second-order valence-electron chi connectivity index (χ2n) is 3.14. The molecule has 2 aromatic rings. The fourth-order valence-corrected chi connectivity index (χ4v) is 1.66. The zero-order valence-electron chi connectivity index (χ0n) is 7.74. The third-order valence-electron chi connectivity index (χ3n) is 2.22. The smallest absolute Gasteiger partial charge is 0.337 e. The molecular formula is C9H7ClN2O3. The Hall–Kier alpha value is -1.75. The molecule has 0 aliphatic carbocycles. The molecule has 5 nitrogen and oxygen atoms in total. The Morgan fingerprint density at radius 3 is 2.80 bits per heavy atom.